The Bertz CT molecular complexity index is 682. The van der Waals surface area contributed by atoms with Crippen LogP contribution in [0, 0.1) is 10.8 Å². The molecule has 4 rings (SSSR count). The van der Waals surface area contributed by atoms with E-state index in [4.69, 9.17) is 0 Å². The molecule has 22 heavy (non-hydrogen) atoms. The summed E-state index contributed by atoms with van der Waals surface area (Å²) in [5.74, 6) is 0. The molecule has 0 saturated heterocycles. The maximum absolute atomic E-state index is 2.50. The van der Waals surface area contributed by atoms with Crippen molar-refractivity contribution in [1.29, 1.82) is 0 Å². The number of hydrogen-bond donors (Lipinski definition) is 0. The molecule has 0 N–H and O–H groups in total. The lowest BCUT2D eigenvalue weighted by Crippen LogP contribution is -2.19. The van der Waals surface area contributed by atoms with Crippen LogP contribution in [0.5, 0.6) is 0 Å². The minimum absolute atomic E-state index is 0.0309. The van der Waals surface area contributed by atoms with Gasteiger partial charge in [-0.05, 0) is 91.0 Å². The molecule has 4 aliphatic heterocycles. The van der Waals surface area contributed by atoms with Crippen LogP contribution in [0.3, 0.4) is 0 Å². The van der Waals surface area contributed by atoms with Crippen LogP contribution >= 0.6 is 15.8 Å². The zero-order chi connectivity index (χ0) is 16.2. The third kappa shape index (κ3) is 1.44. The van der Waals surface area contributed by atoms with Gasteiger partial charge in [-0.3, -0.25) is 0 Å². The maximum atomic E-state index is 2.50. The fourth-order valence-electron chi connectivity index (χ4n) is 5.14. The first-order valence-corrected chi connectivity index (χ1v) is 11.5. The molecule has 0 spiro atoms. The van der Waals surface area contributed by atoms with E-state index in [0.29, 0.717) is 10.8 Å². The van der Waals surface area contributed by atoms with Gasteiger partial charge in [-0.25, -0.2) is 0 Å². The topological polar surface area (TPSA) is 0 Å². The van der Waals surface area contributed by atoms with Gasteiger partial charge in [0, 0.05) is 10.8 Å². The van der Waals surface area contributed by atoms with Crippen LogP contribution in [0.1, 0.15) is 55.4 Å². The zero-order valence-electron chi connectivity index (χ0n) is 15.3. The van der Waals surface area contributed by atoms with Crippen molar-refractivity contribution in [3.05, 3.63) is 43.5 Å². The van der Waals surface area contributed by atoms with E-state index in [0.717, 1.165) is 0 Å². The van der Waals surface area contributed by atoms with Gasteiger partial charge in [0.2, 0.25) is 0 Å². The van der Waals surface area contributed by atoms with Crippen molar-refractivity contribution < 1.29 is 0 Å². The normalized spacial score (nSPS) is 43.6. The molecule has 4 bridgehead atoms. The van der Waals surface area contributed by atoms with E-state index in [-0.39, 0.29) is 15.8 Å². The molecule has 2 heteroatoms. The lowest BCUT2D eigenvalue weighted by atomic mass is 9.76. The monoisotopic (exact) mass is 330 g/mol. The quantitative estimate of drug-likeness (QED) is 0.448. The van der Waals surface area contributed by atoms with Crippen LogP contribution in [0.4, 0.5) is 0 Å². The summed E-state index contributed by atoms with van der Waals surface area (Å²) in [5, 5.41) is 7.14. The molecule has 4 atom stereocenters. The Morgan fingerprint density at radius 2 is 0.909 bits per heavy atom. The molecule has 0 aromatic carbocycles. The molecule has 0 fully saturated rings. The van der Waals surface area contributed by atoms with Crippen molar-refractivity contribution >= 4 is 15.8 Å². The Labute approximate surface area is 138 Å². The second-order valence-electron chi connectivity index (χ2n) is 8.20. The molecule has 0 radical (unpaired) electrons. The predicted molar refractivity (Wildman–Crippen MR) is 102 cm³/mol. The number of fused-ring (bicyclic) bond motifs is 4. The van der Waals surface area contributed by atoms with Gasteiger partial charge in [0.05, 0.1) is 0 Å². The summed E-state index contributed by atoms with van der Waals surface area (Å²) in [6, 6.07) is 0. The first-order valence-electron chi connectivity index (χ1n) is 8.48. The number of allylic oxidation sites excluding steroid dienone is 8. The molecule has 0 aromatic heterocycles. The molecular weight excluding hydrogens is 302 g/mol. The van der Waals surface area contributed by atoms with Crippen molar-refractivity contribution in [1.82, 2.24) is 0 Å². The Hall–Kier alpha value is -0.180. The minimum atomic E-state index is -0.0309. The molecule has 0 nitrogen and oxygen atoms in total. The lowest BCUT2D eigenvalue weighted by Gasteiger charge is -2.32. The molecule has 118 valence electrons. The van der Waals surface area contributed by atoms with E-state index in [1.807, 2.05) is 10.6 Å². The van der Waals surface area contributed by atoms with Crippen LogP contribution < -0.4 is 0 Å². The number of rotatable bonds is 1. The van der Waals surface area contributed by atoms with Crippen molar-refractivity contribution in [3.8, 4) is 0 Å². The van der Waals surface area contributed by atoms with Gasteiger partial charge in [-0.15, -0.1) is 0 Å². The van der Waals surface area contributed by atoms with Gasteiger partial charge in [-0.1, -0.05) is 36.1 Å². The molecule has 0 saturated carbocycles. The van der Waals surface area contributed by atoms with Gasteiger partial charge >= 0.3 is 0 Å². The van der Waals surface area contributed by atoms with Gasteiger partial charge in [0.15, 0.2) is 0 Å². The van der Waals surface area contributed by atoms with E-state index in [1.165, 1.54) is 12.3 Å². The smallest absolute Gasteiger partial charge is 0.0148 e. The summed E-state index contributed by atoms with van der Waals surface area (Å²) in [5.41, 5.74) is 7.57. The molecule has 0 aliphatic carbocycles. The van der Waals surface area contributed by atoms with E-state index >= 15 is 0 Å². The lowest BCUT2D eigenvalue weighted by molar-refractivity contribution is 0.557. The highest BCUT2D eigenvalue weighted by atomic mass is 31.1. The Kier molecular flexibility index (Phi) is 2.97. The summed E-state index contributed by atoms with van der Waals surface area (Å²) in [6.07, 6.45) is 2.80. The second-order valence-corrected chi connectivity index (χ2v) is 12.8. The predicted octanol–water partition coefficient (Wildman–Crippen LogP) is 7.15. The first kappa shape index (κ1) is 15.4. The molecule has 4 heterocycles. The fraction of sp³-hybridized carbons (Fsp3) is 0.600. The third-order valence-electron chi connectivity index (χ3n) is 7.63. The maximum Gasteiger partial charge on any atom is 0.0148 e. The minimum Gasteiger partial charge on any atom is -0.0592 e. The standard InChI is InChI=1S/C20H28P2/c1-11-15(5)21-9-19(11,7)13(3)17(21)18-14(4)20(8)10-22(18)16(6)12(20)2/h9-10H2,1-8H3/t19-,20-,21+,22+/m0/s1. The highest BCUT2D eigenvalue weighted by molar-refractivity contribution is 7.73. The molecule has 0 unspecified atom stereocenters. The second kappa shape index (κ2) is 4.26. The summed E-state index contributed by atoms with van der Waals surface area (Å²) in [6.45, 7) is 19.5. The van der Waals surface area contributed by atoms with Crippen LogP contribution in [0.25, 0.3) is 0 Å². The van der Waals surface area contributed by atoms with E-state index in [2.05, 4.69) is 55.4 Å². The Morgan fingerprint density at radius 1 is 0.591 bits per heavy atom. The molecule has 0 amide bonds. The zero-order valence-corrected chi connectivity index (χ0v) is 17.1. The summed E-state index contributed by atoms with van der Waals surface area (Å²) in [4.78, 5) is 0. The van der Waals surface area contributed by atoms with Crippen LogP contribution in [0.2, 0.25) is 0 Å². The molecule has 0 aromatic rings. The molecule has 4 aliphatic rings. The van der Waals surface area contributed by atoms with Crippen molar-refractivity contribution in [3.63, 3.8) is 0 Å². The van der Waals surface area contributed by atoms with Crippen LogP contribution in [0.15, 0.2) is 43.5 Å². The molecular formula is C20H28P2. The van der Waals surface area contributed by atoms with Crippen molar-refractivity contribution in [2.24, 2.45) is 10.8 Å². The first-order chi connectivity index (χ1) is 10.1. The highest BCUT2D eigenvalue weighted by Crippen LogP contribution is 2.82. The highest BCUT2D eigenvalue weighted by Gasteiger charge is 2.55. The number of hydrogen-bond acceptors (Lipinski definition) is 0. The van der Waals surface area contributed by atoms with Crippen LogP contribution in [-0.2, 0) is 0 Å². The SMILES string of the molecule is CC1=C(C)[C@]2(C)C[P@@]1C(C1=C(C)[C@@]3(C)C[P@]1C(C)=C3C)=C2C. The largest absolute Gasteiger partial charge is 0.0592 e. The summed E-state index contributed by atoms with van der Waals surface area (Å²) < 4.78 is 0. The average molecular weight is 330 g/mol. The Balaban J connectivity index is 1.90. The van der Waals surface area contributed by atoms with E-state index in [1.54, 1.807) is 32.9 Å². The van der Waals surface area contributed by atoms with Gasteiger partial charge in [0.25, 0.3) is 0 Å². The summed E-state index contributed by atoms with van der Waals surface area (Å²) in [7, 11) is -0.0618. The van der Waals surface area contributed by atoms with E-state index in [9.17, 15) is 0 Å². The Morgan fingerprint density at radius 3 is 1.18 bits per heavy atom. The van der Waals surface area contributed by atoms with Crippen molar-refractivity contribution in [2.45, 2.75) is 55.4 Å². The van der Waals surface area contributed by atoms with Gasteiger partial charge in [0.1, 0.15) is 0 Å². The fourth-order valence-corrected chi connectivity index (χ4v) is 13.0. The van der Waals surface area contributed by atoms with Crippen LogP contribution in [-0.4, -0.2) is 12.3 Å². The van der Waals surface area contributed by atoms with E-state index < -0.39 is 0 Å². The van der Waals surface area contributed by atoms with Gasteiger partial charge < -0.3 is 0 Å². The third-order valence-corrected chi connectivity index (χ3v) is 14.2. The van der Waals surface area contributed by atoms with Gasteiger partial charge in [-0.2, -0.15) is 0 Å². The average Bonchev–Trinajstić information content (AvgIpc) is 3.05. The van der Waals surface area contributed by atoms with Crippen molar-refractivity contribution in [2.75, 3.05) is 12.3 Å². The summed E-state index contributed by atoms with van der Waals surface area (Å²) >= 11 is 0.